The van der Waals surface area contributed by atoms with Crippen molar-refractivity contribution < 1.29 is 37.0 Å². The molecule has 43 heavy (non-hydrogen) atoms. The summed E-state index contributed by atoms with van der Waals surface area (Å²) in [6.45, 7) is 0.00510. The number of rotatable bonds is 8. The predicted molar refractivity (Wildman–Crippen MR) is 152 cm³/mol. The molecule has 4 aromatic rings. The second kappa shape index (κ2) is 14.2. The second-order valence-corrected chi connectivity index (χ2v) is 12.0. The molecule has 0 spiro atoms. The van der Waals surface area contributed by atoms with Crippen LogP contribution in [-0.4, -0.2) is 37.3 Å². The van der Waals surface area contributed by atoms with Gasteiger partial charge in [0.05, 0.1) is 5.33 Å². The number of carbonyl (C=O) groups excluding carboxylic acids is 2. The smallest absolute Gasteiger partial charge is 0.254 e. The Labute approximate surface area is 258 Å². The molecule has 0 aliphatic heterocycles. The molecule has 0 radical (unpaired) electrons. The van der Waals surface area contributed by atoms with Crippen LogP contribution in [0.2, 0.25) is 0 Å². The van der Waals surface area contributed by atoms with Gasteiger partial charge in [0.25, 0.3) is 11.8 Å². The monoisotopic (exact) mass is 702 g/mol. The third kappa shape index (κ3) is 8.45. The summed E-state index contributed by atoms with van der Waals surface area (Å²) in [4.78, 5) is 21.4. The molecule has 2 heterocycles. The van der Waals surface area contributed by atoms with Gasteiger partial charge in [0.1, 0.15) is 44.4 Å². The van der Waals surface area contributed by atoms with Gasteiger partial charge in [-0.1, -0.05) is 27.3 Å². The van der Waals surface area contributed by atoms with Crippen LogP contribution in [0.3, 0.4) is 0 Å². The van der Waals surface area contributed by atoms with E-state index in [1.165, 1.54) is 29.2 Å². The van der Waals surface area contributed by atoms with E-state index in [9.17, 15) is 27.2 Å². The molecule has 2 aliphatic rings. The number of hydrogen-bond donors (Lipinski definition) is 3. The Balaban J connectivity index is 0.000000162. The summed E-state index contributed by atoms with van der Waals surface area (Å²) in [5.74, 6) is -6.76. The third-order valence-corrected chi connectivity index (χ3v) is 8.95. The Morgan fingerprint density at radius 2 is 1.30 bits per heavy atom. The minimum atomic E-state index is -1.33. The molecular weight excluding hydrogens is 680 g/mol. The van der Waals surface area contributed by atoms with Crippen molar-refractivity contribution in [1.29, 1.82) is 0 Å². The summed E-state index contributed by atoms with van der Waals surface area (Å²) in [6, 6.07) is 3.61. The maximum atomic E-state index is 13.9. The molecule has 6 rings (SSSR count). The van der Waals surface area contributed by atoms with Crippen LogP contribution < -0.4 is 16.2 Å². The number of aromatic hydroxyl groups is 1. The van der Waals surface area contributed by atoms with E-state index in [2.05, 4.69) is 42.1 Å². The Hall–Kier alpha value is -3.70. The molecule has 0 atom stereocenters. The van der Waals surface area contributed by atoms with Crippen molar-refractivity contribution in [2.75, 3.05) is 0 Å². The molecule has 17 heteroatoms. The Morgan fingerprint density at radius 3 is 1.77 bits per heavy atom. The normalized spacial score (nSPS) is 13.8. The van der Waals surface area contributed by atoms with Crippen molar-refractivity contribution in [3.8, 4) is 11.5 Å². The molecule has 0 saturated heterocycles. The highest BCUT2D eigenvalue weighted by Gasteiger charge is 2.28. The van der Waals surface area contributed by atoms with Crippen LogP contribution in [-0.2, 0) is 11.9 Å². The molecule has 2 aromatic heterocycles. The molecule has 2 amide bonds. The predicted octanol–water partition coefficient (Wildman–Crippen LogP) is 5.45. The summed E-state index contributed by atoms with van der Waals surface area (Å²) in [5, 5.41) is 29.5. The van der Waals surface area contributed by atoms with Gasteiger partial charge in [0.15, 0.2) is 28.1 Å². The fourth-order valence-corrected chi connectivity index (χ4v) is 5.66. The van der Waals surface area contributed by atoms with Gasteiger partial charge in [-0.05, 0) is 49.9 Å². The molecule has 0 bridgehead atoms. The highest BCUT2D eigenvalue weighted by Crippen LogP contribution is 2.42. The van der Waals surface area contributed by atoms with Crippen molar-refractivity contribution >= 4 is 50.4 Å². The number of primary amides is 2. The van der Waals surface area contributed by atoms with Crippen molar-refractivity contribution in [2.24, 2.45) is 11.5 Å². The fourth-order valence-electron chi connectivity index (χ4n) is 3.41. The number of alkyl halides is 1. The summed E-state index contributed by atoms with van der Waals surface area (Å²) >= 11 is 6.49. The van der Waals surface area contributed by atoms with Crippen molar-refractivity contribution in [2.45, 2.75) is 49.5 Å². The molecule has 10 nitrogen and oxygen atoms in total. The number of amides is 2. The minimum Gasteiger partial charge on any atom is -0.505 e. The maximum absolute atomic E-state index is 13.9. The van der Waals surface area contributed by atoms with E-state index in [-0.39, 0.29) is 12.4 Å². The number of halogens is 5. The van der Waals surface area contributed by atoms with Crippen molar-refractivity contribution in [3.05, 3.63) is 78.7 Å². The van der Waals surface area contributed by atoms with E-state index in [0.717, 1.165) is 58.4 Å². The number of nitrogens with zero attached hydrogens (tertiary/aromatic N) is 4. The van der Waals surface area contributed by atoms with Crippen LogP contribution in [0.15, 0.2) is 24.3 Å². The number of benzene rings is 2. The van der Waals surface area contributed by atoms with E-state index < -0.39 is 52.0 Å². The number of nitrogens with two attached hydrogens (primary N) is 2. The zero-order valence-electron chi connectivity index (χ0n) is 22.0. The average molecular weight is 704 g/mol. The van der Waals surface area contributed by atoms with E-state index in [1.807, 2.05) is 0 Å². The molecule has 228 valence electrons. The molecule has 2 fully saturated rings. The number of phenols is 1. The molecule has 0 unspecified atom stereocenters. The fraction of sp³-hybridized carbons (Fsp3) is 0.308. The standard InChI is InChI=1S/C13H11F2N3O2S.C7H5F2NO2.C6H7BrN2S/c14-7-3-4-8(11(15)10(7)12(16)19)20-5-9-17-18-13(21-9)6-1-2-6;8-3-1-2-4(11)6(9)5(3)7(10)12;7-3-5-8-9-6(10-5)4-1-2-4/h3-4,6H,1-2,5H2,(H2,16,19);1-2,11H,(H2,10,12);4H,1-3H2. The number of aromatic nitrogens is 4. The first-order valence-electron chi connectivity index (χ1n) is 12.6. The second-order valence-electron chi connectivity index (χ2n) is 9.26. The van der Waals surface area contributed by atoms with E-state index >= 15 is 0 Å². The first kappa shape index (κ1) is 32.2. The van der Waals surface area contributed by atoms with Gasteiger partial charge in [-0.15, -0.1) is 31.7 Å². The first-order valence-corrected chi connectivity index (χ1v) is 15.3. The maximum Gasteiger partial charge on any atom is 0.254 e. The molecule has 2 saturated carbocycles. The van der Waals surface area contributed by atoms with Crippen LogP contribution in [0, 0.1) is 23.3 Å². The van der Waals surface area contributed by atoms with Gasteiger partial charge in [0, 0.05) is 11.8 Å². The molecular formula is C26H23BrF4N6O4S2. The molecule has 2 aromatic carbocycles. The summed E-state index contributed by atoms with van der Waals surface area (Å²) in [6.07, 6.45) is 4.86. The Bertz CT molecular complexity index is 1630. The van der Waals surface area contributed by atoms with Gasteiger partial charge in [-0.3, -0.25) is 9.59 Å². The number of phenolic OH excluding ortho intramolecular Hbond substituents is 1. The number of hydrogen-bond acceptors (Lipinski definition) is 10. The van der Waals surface area contributed by atoms with Gasteiger partial charge in [-0.2, -0.15) is 0 Å². The molecule has 2 aliphatic carbocycles. The minimum absolute atomic E-state index is 0.00510. The van der Waals surface area contributed by atoms with Gasteiger partial charge < -0.3 is 21.3 Å². The zero-order valence-corrected chi connectivity index (χ0v) is 25.2. The van der Waals surface area contributed by atoms with Crippen LogP contribution >= 0.6 is 38.6 Å². The van der Waals surface area contributed by atoms with Crippen molar-refractivity contribution in [1.82, 2.24) is 20.4 Å². The van der Waals surface area contributed by atoms with Gasteiger partial charge in [0.2, 0.25) is 0 Å². The van der Waals surface area contributed by atoms with Crippen LogP contribution in [0.5, 0.6) is 11.5 Å². The third-order valence-electron chi connectivity index (χ3n) is 5.90. The van der Waals surface area contributed by atoms with Crippen LogP contribution in [0.25, 0.3) is 0 Å². The lowest BCUT2D eigenvalue weighted by molar-refractivity contribution is 0.0982. The van der Waals surface area contributed by atoms with Crippen LogP contribution in [0.1, 0.15) is 78.3 Å². The van der Waals surface area contributed by atoms with Crippen molar-refractivity contribution in [3.63, 3.8) is 0 Å². The number of ether oxygens (including phenoxy) is 1. The zero-order chi connectivity index (χ0) is 31.3. The average Bonchev–Trinajstić information content (AvgIpc) is 3.90. The Morgan fingerprint density at radius 1 is 0.814 bits per heavy atom. The highest BCUT2D eigenvalue weighted by atomic mass is 79.9. The number of carbonyl (C=O) groups is 2. The van der Waals surface area contributed by atoms with Gasteiger partial charge in [-0.25, -0.2) is 17.6 Å². The topological polar surface area (TPSA) is 167 Å². The van der Waals surface area contributed by atoms with E-state index in [0.29, 0.717) is 10.9 Å². The highest BCUT2D eigenvalue weighted by molar-refractivity contribution is 9.08. The lowest BCUT2D eigenvalue weighted by Crippen LogP contribution is -2.16. The lowest BCUT2D eigenvalue weighted by atomic mass is 10.2. The quantitative estimate of drug-likeness (QED) is 0.161. The van der Waals surface area contributed by atoms with E-state index in [1.54, 1.807) is 11.3 Å². The van der Waals surface area contributed by atoms with Gasteiger partial charge >= 0.3 is 0 Å². The van der Waals surface area contributed by atoms with Crippen LogP contribution in [0.4, 0.5) is 17.6 Å². The summed E-state index contributed by atoms with van der Waals surface area (Å²) < 4.78 is 57.9. The molecule has 5 N–H and O–H groups in total. The summed E-state index contributed by atoms with van der Waals surface area (Å²) in [7, 11) is 0. The lowest BCUT2D eigenvalue weighted by Gasteiger charge is -2.08. The SMILES string of the molecule is BrCc1nnc(C2CC2)s1.NC(=O)c1c(F)ccc(O)c1F.NC(=O)c1c(F)ccc(OCc2nnc(C3CC3)s2)c1F. The Kier molecular flexibility index (Phi) is 10.6. The summed E-state index contributed by atoms with van der Waals surface area (Å²) in [5.41, 5.74) is 7.87. The first-order chi connectivity index (χ1) is 20.5. The van der Waals surface area contributed by atoms with E-state index in [4.69, 9.17) is 15.6 Å². The largest absolute Gasteiger partial charge is 0.505 e.